The number of nitrogens with zero attached hydrogens (tertiary/aromatic N) is 1. The molecule has 0 aromatic heterocycles. The van der Waals surface area contributed by atoms with Crippen molar-refractivity contribution in [1.82, 2.24) is 10.2 Å². The van der Waals surface area contributed by atoms with Gasteiger partial charge in [0, 0.05) is 12.2 Å². The Morgan fingerprint density at radius 3 is 2.88 bits per heavy atom. The summed E-state index contributed by atoms with van der Waals surface area (Å²) in [6.07, 6.45) is 5.05. The number of rotatable bonds is 5. The Morgan fingerprint density at radius 2 is 2.20 bits per heavy atom. The molecule has 1 aromatic carbocycles. The predicted octanol–water partition coefficient (Wildman–Crippen LogP) is 2.33. The first kappa shape index (κ1) is 17.7. The Hall–Kier alpha value is -2.12. The van der Waals surface area contributed by atoms with E-state index in [9.17, 15) is 4.79 Å². The van der Waals surface area contributed by atoms with Crippen molar-refractivity contribution in [3.63, 3.8) is 0 Å². The smallest absolute Gasteiger partial charge is 0.274 e. The summed E-state index contributed by atoms with van der Waals surface area (Å²) < 4.78 is 16.6. The van der Waals surface area contributed by atoms with Crippen LogP contribution in [0.2, 0.25) is 0 Å². The minimum atomic E-state index is -0.217. The van der Waals surface area contributed by atoms with E-state index < -0.39 is 0 Å². The number of nitrogens with one attached hydrogen (secondary N) is 1. The van der Waals surface area contributed by atoms with E-state index in [0.29, 0.717) is 28.9 Å². The van der Waals surface area contributed by atoms with Gasteiger partial charge in [0.2, 0.25) is 0 Å². The molecule has 3 rings (SSSR count). The molecule has 0 aliphatic carbocycles. The number of hydrogen-bond acceptors (Lipinski definition) is 5. The summed E-state index contributed by atoms with van der Waals surface area (Å²) in [5, 5.41) is 3.12. The van der Waals surface area contributed by atoms with Crippen molar-refractivity contribution >= 4 is 29.3 Å². The molecule has 134 valence electrons. The van der Waals surface area contributed by atoms with Crippen molar-refractivity contribution in [1.29, 1.82) is 0 Å². The van der Waals surface area contributed by atoms with Gasteiger partial charge in [0.15, 0.2) is 16.6 Å². The van der Waals surface area contributed by atoms with Crippen molar-refractivity contribution < 1.29 is 19.0 Å². The lowest BCUT2D eigenvalue weighted by Gasteiger charge is -2.27. The molecule has 2 aliphatic heterocycles. The van der Waals surface area contributed by atoms with Gasteiger partial charge in [-0.15, -0.1) is 0 Å². The second-order valence-electron chi connectivity index (χ2n) is 5.97. The van der Waals surface area contributed by atoms with Crippen LogP contribution in [0.25, 0.3) is 6.08 Å². The standard InChI is InChI=1S/C18H22N2O4S/c1-22-15-8-5-6-12(16(15)23-2)10-14-17(21)19-18(25)20(14)11-13-7-3-4-9-24-13/h5-6,8,10,13H,3-4,7,9,11H2,1-2H3,(H,19,21,25)/b14-10+. The molecule has 2 fully saturated rings. The summed E-state index contributed by atoms with van der Waals surface area (Å²) in [6.45, 7) is 1.32. The van der Waals surface area contributed by atoms with Crippen LogP contribution in [0, 0.1) is 0 Å². The summed E-state index contributed by atoms with van der Waals surface area (Å²) >= 11 is 5.33. The number of hydrogen-bond donors (Lipinski definition) is 1. The van der Waals surface area contributed by atoms with Crippen LogP contribution in [0.1, 0.15) is 24.8 Å². The van der Waals surface area contributed by atoms with Gasteiger partial charge in [-0.1, -0.05) is 12.1 Å². The fraction of sp³-hybridized carbons (Fsp3) is 0.444. The van der Waals surface area contributed by atoms with Gasteiger partial charge in [-0.05, 0) is 43.6 Å². The van der Waals surface area contributed by atoms with Gasteiger partial charge in [-0.3, -0.25) is 10.1 Å². The van der Waals surface area contributed by atoms with Crippen molar-refractivity contribution in [3.05, 3.63) is 29.5 Å². The third-order valence-electron chi connectivity index (χ3n) is 4.37. The van der Waals surface area contributed by atoms with Crippen LogP contribution >= 0.6 is 12.2 Å². The van der Waals surface area contributed by atoms with Gasteiger partial charge in [-0.25, -0.2) is 0 Å². The van der Waals surface area contributed by atoms with Crippen LogP contribution in [0.4, 0.5) is 0 Å². The molecule has 25 heavy (non-hydrogen) atoms. The molecule has 1 unspecified atom stereocenters. The molecular weight excluding hydrogens is 340 g/mol. The molecule has 7 heteroatoms. The van der Waals surface area contributed by atoms with E-state index in [0.717, 1.165) is 31.4 Å². The summed E-state index contributed by atoms with van der Waals surface area (Å²) in [4.78, 5) is 14.2. The molecule has 1 aromatic rings. The van der Waals surface area contributed by atoms with Crippen LogP contribution in [0.15, 0.2) is 23.9 Å². The minimum Gasteiger partial charge on any atom is -0.493 e. The second kappa shape index (κ2) is 7.84. The van der Waals surface area contributed by atoms with Gasteiger partial charge in [0.25, 0.3) is 5.91 Å². The monoisotopic (exact) mass is 362 g/mol. The Kier molecular flexibility index (Phi) is 5.55. The number of methoxy groups -OCH3 is 2. The zero-order valence-electron chi connectivity index (χ0n) is 14.4. The van der Waals surface area contributed by atoms with Gasteiger partial charge >= 0.3 is 0 Å². The average molecular weight is 362 g/mol. The van der Waals surface area contributed by atoms with Crippen molar-refractivity contribution in [2.45, 2.75) is 25.4 Å². The minimum absolute atomic E-state index is 0.0787. The maximum atomic E-state index is 12.4. The Labute approximate surface area is 152 Å². The van der Waals surface area contributed by atoms with Crippen LogP contribution in [0.5, 0.6) is 11.5 Å². The first-order valence-electron chi connectivity index (χ1n) is 8.31. The van der Waals surface area contributed by atoms with Crippen LogP contribution < -0.4 is 14.8 Å². The average Bonchev–Trinajstić information content (AvgIpc) is 2.89. The molecular formula is C18H22N2O4S. The highest BCUT2D eigenvalue weighted by atomic mass is 32.1. The van der Waals surface area contributed by atoms with Crippen molar-refractivity contribution in [2.24, 2.45) is 0 Å². The molecule has 2 heterocycles. The molecule has 1 amide bonds. The van der Waals surface area contributed by atoms with Crippen LogP contribution in [-0.2, 0) is 9.53 Å². The van der Waals surface area contributed by atoms with E-state index in [1.165, 1.54) is 0 Å². The number of carbonyl (C=O) groups excluding carboxylic acids is 1. The molecule has 1 N–H and O–H groups in total. The number of carbonyl (C=O) groups is 1. The third-order valence-corrected chi connectivity index (χ3v) is 4.70. The zero-order chi connectivity index (χ0) is 17.8. The number of benzene rings is 1. The Morgan fingerprint density at radius 1 is 1.36 bits per heavy atom. The molecule has 6 nitrogen and oxygen atoms in total. The lowest BCUT2D eigenvalue weighted by molar-refractivity contribution is -0.116. The summed E-state index contributed by atoms with van der Waals surface area (Å²) in [6, 6.07) is 5.54. The SMILES string of the molecule is COc1cccc(/C=C2\C(=O)NC(=S)N2CC2CCCCO2)c1OC. The molecule has 0 radical (unpaired) electrons. The number of amides is 1. The fourth-order valence-corrected chi connectivity index (χ4v) is 3.38. The van der Waals surface area contributed by atoms with E-state index >= 15 is 0 Å². The van der Waals surface area contributed by atoms with E-state index in [1.54, 1.807) is 20.3 Å². The largest absolute Gasteiger partial charge is 0.493 e. The van der Waals surface area contributed by atoms with Crippen LogP contribution in [0.3, 0.4) is 0 Å². The second-order valence-corrected chi connectivity index (χ2v) is 6.36. The maximum Gasteiger partial charge on any atom is 0.274 e. The zero-order valence-corrected chi connectivity index (χ0v) is 15.2. The van der Waals surface area contributed by atoms with Crippen LogP contribution in [-0.4, -0.2) is 49.4 Å². The molecule has 0 bridgehead atoms. The molecule has 1 atom stereocenters. The normalized spacial score (nSPS) is 22.2. The van der Waals surface area contributed by atoms with Gasteiger partial charge in [-0.2, -0.15) is 0 Å². The molecule has 0 spiro atoms. The fourth-order valence-electron chi connectivity index (χ4n) is 3.11. The third kappa shape index (κ3) is 3.77. The summed E-state index contributed by atoms with van der Waals surface area (Å²) in [7, 11) is 3.16. The summed E-state index contributed by atoms with van der Waals surface area (Å²) in [5.41, 5.74) is 1.25. The lowest BCUT2D eigenvalue weighted by atomic mass is 10.1. The van der Waals surface area contributed by atoms with E-state index in [-0.39, 0.29) is 12.0 Å². The highest BCUT2D eigenvalue weighted by Crippen LogP contribution is 2.33. The van der Waals surface area contributed by atoms with E-state index in [4.69, 9.17) is 26.4 Å². The van der Waals surface area contributed by atoms with E-state index in [2.05, 4.69) is 5.32 Å². The highest BCUT2D eigenvalue weighted by Gasteiger charge is 2.32. The Bertz CT molecular complexity index is 698. The summed E-state index contributed by atoms with van der Waals surface area (Å²) in [5.74, 6) is 0.975. The van der Waals surface area contributed by atoms with Crippen molar-refractivity contribution in [2.75, 3.05) is 27.4 Å². The number of thiocarbonyl (C=S) groups is 1. The first-order chi connectivity index (χ1) is 12.1. The maximum absolute atomic E-state index is 12.4. The van der Waals surface area contributed by atoms with Gasteiger partial charge in [0.1, 0.15) is 5.70 Å². The highest BCUT2D eigenvalue weighted by molar-refractivity contribution is 7.80. The van der Waals surface area contributed by atoms with Crippen molar-refractivity contribution in [3.8, 4) is 11.5 Å². The molecule has 2 aliphatic rings. The predicted molar refractivity (Wildman–Crippen MR) is 98.6 cm³/mol. The number of ether oxygens (including phenoxy) is 3. The first-order valence-corrected chi connectivity index (χ1v) is 8.72. The molecule has 0 saturated carbocycles. The topological polar surface area (TPSA) is 60.0 Å². The number of para-hydroxylation sites is 1. The Balaban J connectivity index is 1.91. The van der Waals surface area contributed by atoms with Gasteiger partial charge in [0.05, 0.1) is 26.9 Å². The lowest BCUT2D eigenvalue weighted by Crippen LogP contribution is -2.37. The molecule has 2 saturated heterocycles. The van der Waals surface area contributed by atoms with Gasteiger partial charge < -0.3 is 19.1 Å². The quantitative estimate of drug-likeness (QED) is 0.641. The van der Waals surface area contributed by atoms with E-state index in [1.807, 2.05) is 23.1 Å².